The number of nitrogens with zero attached hydrogens (tertiary/aromatic N) is 1. The van der Waals surface area contributed by atoms with E-state index in [2.05, 4.69) is 27.0 Å². The van der Waals surface area contributed by atoms with Crippen molar-refractivity contribution in [1.82, 2.24) is 5.06 Å². The number of esters is 2. The number of hydrogen-bond donors (Lipinski definition) is 1. The van der Waals surface area contributed by atoms with Crippen LogP contribution in [0.5, 0.6) is 0 Å². The lowest BCUT2D eigenvalue weighted by Gasteiger charge is -2.50. The highest BCUT2D eigenvalue weighted by atomic mass is 16.6. The van der Waals surface area contributed by atoms with Crippen molar-refractivity contribution in [3.05, 3.63) is 24.3 Å². The second kappa shape index (κ2) is 8.69. The minimum atomic E-state index is -0.361. The fraction of sp³-hybridized carbons (Fsp3) is 0.800. The molecular weight excluding hydrogens is 454 g/mol. The molecule has 6 rings (SSSR count). The van der Waals surface area contributed by atoms with Crippen LogP contribution in [0.1, 0.15) is 78.1 Å². The minimum Gasteiger partial charge on any atom is -0.462 e. The van der Waals surface area contributed by atoms with Crippen molar-refractivity contribution < 1.29 is 24.3 Å². The maximum Gasteiger partial charge on any atom is 0.311 e. The van der Waals surface area contributed by atoms with Gasteiger partial charge in [-0.05, 0) is 86.9 Å². The van der Waals surface area contributed by atoms with Crippen molar-refractivity contribution in [2.24, 2.45) is 46.3 Å². The Labute approximate surface area is 215 Å². The molecule has 2 saturated heterocycles. The SMILES string of the molecule is C=C1CCC[C@@]2(C)C[C@H]3OC(=O)[C@@H](CN(O)C[C@H]4C(=O)O[C@H]5C[C@@]6(C)CCCC(=C)[C@@H]6C[C@H]54)[C@H]3C[C@@H]12. The number of fused-ring (bicyclic) bond motifs is 4. The van der Waals surface area contributed by atoms with Crippen LogP contribution < -0.4 is 0 Å². The lowest BCUT2D eigenvalue weighted by molar-refractivity contribution is -0.155. The highest BCUT2D eigenvalue weighted by Gasteiger charge is 2.57. The molecule has 6 nitrogen and oxygen atoms in total. The number of allylic oxidation sites excluding steroid dienone is 2. The molecule has 0 unspecified atom stereocenters. The van der Waals surface area contributed by atoms with Gasteiger partial charge in [-0.2, -0.15) is 5.06 Å². The van der Waals surface area contributed by atoms with Crippen molar-refractivity contribution in [2.75, 3.05) is 13.1 Å². The standard InChI is InChI=1S/C30H43NO5/c1-17-7-5-9-29(3)13-25-19(11-23(17)29)21(27(32)35-25)15-31(34)16-22-20-12-24-18(2)8-6-10-30(24,4)14-26(20)36-28(22)33/h19-26,34H,1-2,5-16H2,3-4H3/t19-,20+,21+,22-,23-,24-,25-,26+,29+,30-/m0/s1. The van der Waals surface area contributed by atoms with Gasteiger partial charge in [0.15, 0.2) is 0 Å². The Balaban J connectivity index is 1.13. The molecule has 2 heterocycles. The minimum absolute atomic E-state index is 0.0720. The van der Waals surface area contributed by atoms with Gasteiger partial charge in [-0.15, -0.1) is 0 Å². The molecule has 2 aliphatic heterocycles. The zero-order valence-corrected chi connectivity index (χ0v) is 22.0. The smallest absolute Gasteiger partial charge is 0.311 e. The lowest BCUT2D eigenvalue weighted by atomic mass is 9.55. The van der Waals surface area contributed by atoms with Crippen LogP contribution in [-0.2, 0) is 19.1 Å². The van der Waals surface area contributed by atoms with Crippen LogP contribution in [0.15, 0.2) is 24.3 Å². The molecule has 0 bridgehead atoms. The molecule has 198 valence electrons. The first-order valence-corrected chi connectivity index (χ1v) is 14.3. The summed E-state index contributed by atoms with van der Waals surface area (Å²) in [7, 11) is 0. The van der Waals surface area contributed by atoms with E-state index in [1.54, 1.807) is 0 Å². The first kappa shape index (κ1) is 24.7. The summed E-state index contributed by atoms with van der Waals surface area (Å²) in [6, 6.07) is 0. The Morgan fingerprint density at radius 3 is 1.67 bits per heavy atom. The van der Waals surface area contributed by atoms with E-state index in [-0.39, 0.29) is 71.7 Å². The third-order valence-corrected chi connectivity index (χ3v) is 11.5. The zero-order chi connectivity index (χ0) is 25.4. The Hall–Kier alpha value is -1.66. The van der Waals surface area contributed by atoms with E-state index < -0.39 is 0 Å². The molecule has 0 aromatic carbocycles. The number of rotatable bonds is 4. The van der Waals surface area contributed by atoms with Crippen LogP contribution in [0.3, 0.4) is 0 Å². The average Bonchev–Trinajstić information content (AvgIpc) is 3.25. The van der Waals surface area contributed by atoms with Gasteiger partial charge in [-0.1, -0.05) is 38.2 Å². The van der Waals surface area contributed by atoms with Gasteiger partial charge in [0.25, 0.3) is 0 Å². The second-order valence-electron chi connectivity index (χ2n) is 13.7. The third kappa shape index (κ3) is 3.89. The first-order valence-electron chi connectivity index (χ1n) is 14.3. The Bertz CT molecular complexity index is 900. The van der Waals surface area contributed by atoms with Crippen LogP contribution in [0, 0.1) is 46.3 Å². The van der Waals surface area contributed by atoms with Gasteiger partial charge in [0, 0.05) is 24.9 Å². The zero-order valence-electron chi connectivity index (χ0n) is 22.0. The summed E-state index contributed by atoms with van der Waals surface area (Å²) in [6.45, 7) is 13.8. The Morgan fingerprint density at radius 2 is 1.25 bits per heavy atom. The summed E-state index contributed by atoms with van der Waals surface area (Å²) < 4.78 is 11.8. The molecule has 0 amide bonds. The Morgan fingerprint density at radius 1 is 0.833 bits per heavy atom. The molecule has 4 saturated carbocycles. The Kier molecular flexibility index (Phi) is 5.95. The predicted octanol–water partition coefficient (Wildman–Crippen LogP) is 5.31. The number of carbonyl (C=O) groups excluding carboxylic acids is 2. The third-order valence-electron chi connectivity index (χ3n) is 11.5. The maximum absolute atomic E-state index is 12.9. The van der Waals surface area contributed by atoms with E-state index in [4.69, 9.17) is 9.47 Å². The number of hydrogen-bond acceptors (Lipinski definition) is 6. The molecule has 0 aromatic heterocycles. The van der Waals surface area contributed by atoms with Crippen LogP contribution in [0.25, 0.3) is 0 Å². The van der Waals surface area contributed by atoms with Gasteiger partial charge >= 0.3 is 11.9 Å². The van der Waals surface area contributed by atoms with Gasteiger partial charge in [0.05, 0.1) is 11.8 Å². The van der Waals surface area contributed by atoms with Crippen LogP contribution >= 0.6 is 0 Å². The highest BCUT2D eigenvalue weighted by Crippen LogP contribution is 2.58. The predicted molar refractivity (Wildman–Crippen MR) is 135 cm³/mol. The quantitative estimate of drug-likeness (QED) is 0.322. The molecule has 4 aliphatic carbocycles. The molecule has 6 fully saturated rings. The molecule has 6 heteroatoms. The lowest BCUT2D eigenvalue weighted by Crippen LogP contribution is -2.47. The van der Waals surface area contributed by atoms with Crippen LogP contribution in [0.4, 0.5) is 0 Å². The molecule has 0 spiro atoms. The van der Waals surface area contributed by atoms with Gasteiger partial charge in [0.2, 0.25) is 0 Å². The molecule has 1 N–H and O–H groups in total. The molecule has 6 aliphatic rings. The summed E-state index contributed by atoms with van der Waals surface area (Å²) in [5, 5.41) is 12.3. The van der Waals surface area contributed by atoms with E-state index in [0.29, 0.717) is 11.8 Å². The number of ether oxygens (including phenoxy) is 2. The fourth-order valence-corrected chi connectivity index (χ4v) is 9.46. The van der Waals surface area contributed by atoms with Gasteiger partial charge in [-0.25, -0.2) is 0 Å². The largest absolute Gasteiger partial charge is 0.462 e. The van der Waals surface area contributed by atoms with Crippen LogP contribution in [-0.4, -0.2) is 47.5 Å². The topological polar surface area (TPSA) is 76.1 Å². The first-order chi connectivity index (χ1) is 17.1. The van der Waals surface area contributed by atoms with E-state index in [9.17, 15) is 14.8 Å². The van der Waals surface area contributed by atoms with Crippen molar-refractivity contribution in [2.45, 2.75) is 90.3 Å². The fourth-order valence-electron chi connectivity index (χ4n) is 9.46. The summed E-state index contributed by atoms with van der Waals surface area (Å²) >= 11 is 0. The molecular formula is C30H43NO5. The van der Waals surface area contributed by atoms with E-state index in [1.807, 2.05) is 0 Å². The summed E-state index contributed by atoms with van der Waals surface area (Å²) in [5.74, 6) is -0.0784. The van der Waals surface area contributed by atoms with Gasteiger partial charge < -0.3 is 14.7 Å². The van der Waals surface area contributed by atoms with Crippen LogP contribution in [0.2, 0.25) is 0 Å². The van der Waals surface area contributed by atoms with Crippen molar-refractivity contribution >= 4 is 11.9 Å². The highest BCUT2D eigenvalue weighted by molar-refractivity contribution is 5.76. The molecule has 0 radical (unpaired) electrons. The monoisotopic (exact) mass is 497 g/mol. The molecule has 0 aromatic rings. The summed E-state index contributed by atoms with van der Waals surface area (Å²) in [5.41, 5.74) is 2.95. The molecule has 36 heavy (non-hydrogen) atoms. The van der Waals surface area contributed by atoms with E-state index in [1.165, 1.54) is 16.2 Å². The van der Waals surface area contributed by atoms with Crippen molar-refractivity contribution in [1.29, 1.82) is 0 Å². The number of carbonyl (C=O) groups is 2. The summed E-state index contributed by atoms with van der Waals surface area (Å²) in [6.07, 6.45) is 10.2. The van der Waals surface area contributed by atoms with Gasteiger partial charge in [-0.3, -0.25) is 9.59 Å². The van der Waals surface area contributed by atoms with E-state index >= 15 is 0 Å². The average molecular weight is 498 g/mol. The van der Waals surface area contributed by atoms with E-state index in [0.717, 1.165) is 64.2 Å². The summed E-state index contributed by atoms with van der Waals surface area (Å²) in [4.78, 5) is 25.9. The maximum atomic E-state index is 12.9. The second-order valence-corrected chi connectivity index (χ2v) is 13.7. The van der Waals surface area contributed by atoms with Crippen molar-refractivity contribution in [3.8, 4) is 0 Å². The molecule has 10 atom stereocenters. The van der Waals surface area contributed by atoms with Crippen molar-refractivity contribution in [3.63, 3.8) is 0 Å². The number of hydroxylamine groups is 2. The normalized spacial score (nSPS) is 48.1. The van der Waals surface area contributed by atoms with Gasteiger partial charge in [0.1, 0.15) is 12.2 Å².